The molecule has 1 aliphatic rings. The van der Waals surface area contributed by atoms with Crippen LogP contribution in [-0.2, 0) is 19.4 Å². The van der Waals surface area contributed by atoms with Crippen LogP contribution in [-0.4, -0.2) is 15.6 Å². The summed E-state index contributed by atoms with van der Waals surface area (Å²) in [6.07, 6.45) is 3.39. The number of aryl methyl sites for hydroxylation is 1. The maximum absolute atomic E-state index is 12.7. The molecule has 1 heterocycles. The summed E-state index contributed by atoms with van der Waals surface area (Å²) in [5, 5.41) is 4.22. The van der Waals surface area contributed by atoms with E-state index in [0.29, 0.717) is 12.2 Å². The molecule has 0 fully saturated rings. The fourth-order valence-corrected chi connectivity index (χ4v) is 3.28. The Hall–Kier alpha value is -1.42. The normalized spacial score (nSPS) is 14.6. The topological polar surface area (TPSA) is 34.9 Å². The van der Waals surface area contributed by atoms with Crippen molar-refractivity contribution >= 4 is 21.7 Å². The molecule has 0 unspecified atom stereocenters. The molecule has 0 saturated heterocycles. The molecule has 3 rings (SSSR count). The predicted octanol–water partition coefficient (Wildman–Crippen LogP) is 3.26. The van der Waals surface area contributed by atoms with Gasteiger partial charge in [0.25, 0.3) is 0 Å². The first-order chi connectivity index (χ1) is 9.20. The monoisotopic (exact) mass is 318 g/mol. The van der Waals surface area contributed by atoms with E-state index in [2.05, 4.69) is 33.2 Å². The van der Waals surface area contributed by atoms with Crippen LogP contribution in [0.5, 0.6) is 0 Å². The Morgan fingerprint density at radius 3 is 2.58 bits per heavy atom. The summed E-state index contributed by atoms with van der Waals surface area (Å²) in [6.45, 7) is 2.71. The Morgan fingerprint density at radius 1 is 1.37 bits per heavy atom. The van der Waals surface area contributed by atoms with Crippen molar-refractivity contribution in [2.45, 2.75) is 26.3 Å². The Morgan fingerprint density at radius 2 is 2.00 bits per heavy atom. The highest BCUT2D eigenvalue weighted by Gasteiger charge is 2.30. The SMILES string of the molecule is CCn1ncc(Br)c1C(=O)C1Cc2ccccc2C1. The predicted molar refractivity (Wildman–Crippen MR) is 77.3 cm³/mol. The number of hydrogen-bond acceptors (Lipinski definition) is 2. The first-order valence-corrected chi connectivity index (χ1v) is 7.32. The Labute approximate surface area is 120 Å². The minimum atomic E-state index is 0.0516. The first-order valence-electron chi connectivity index (χ1n) is 6.53. The van der Waals surface area contributed by atoms with Gasteiger partial charge in [-0.2, -0.15) is 5.10 Å². The van der Waals surface area contributed by atoms with Gasteiger partial charge in [0.05, 0.1) is 10.7 Å². The zero-order valence-electron chi connectivity index (χ0n) is 10.8. The summed E-state index contributed by atoms with van der Waals surface area (Å²) in [4.78, 5) is 12.7. The van der Waals surface area contributed by atoms with Crippen LogP contribution in [0.15, 0.2) is 34.9 Å². The van der Waals surface area contributed by atoms with E-state index in [4.69, 9.17) is 0 Å². The summed E-state index contributed by atoms with van der Waals surface area (Å²) in [5.74, 6) is 0.248. The highest BCUT2D eigenvalue weighted by molar-refractivity contribution is 9.10. The van der Waals surface area contributed by atoms with Crippen molar-refractivity contribution < 1.29 is 4.79 Å². The van der Waals surface area contributed by atoms with Gasteiger partial charge in [0.1, 0.15) is 5.69 Å². The van der Waals surface area contributed by atoms with E-state index in [1.165, 1.54) is 11.1 Å². The largest absolute Gasteiger partial charge is 0.292 e. The average molecular weight is 319 g/mol. The molecule has 0 atom stereocenters. The molecule has 0 N–H and O–H groups in total. The van der Waals surface area contributed by atoms with E-state index >= 15 is 0 Å². The van der Waals surface area contributed by atoms with Gasteiger partial charge in [0.15, 0.2) is 5.78 Å². The van der Waals surface area contributed by atoms with E-state index in [-0.39, 0.29) is 11.7 Å². The van der Waals surface area contributed by atoms with Crippen molar-refractivity contribution in [1.29, 1.82) is 0 Å². The lowest BCUT2D eigenvalue weighted by Crippen LogP contribution is -2.19. The van der Waals surface area contributed by atoms with E-state index < -0.39 is 0 Å². The second-order valence-corrected chi connectivity index (χ2v) is 5.75. The zero-order valence-corrected chi connectivity index (χ0v) is 12.4. The van der Waals surface area contributed by atoms with Crippen molar-refractivity contribution in [1.82, 2.24) is 9.78 Å². The molecule has 2 aromatic rings. The van der Waals surface area contributed by atoms with Crippen molar-refractivity contribution in [2.75, 3.05) is 0 Å². The first kappa shape index (κ1) is 12.6. The van der Waals surface area contributed by atoms with Gasteiger partial charge in [-0.1, -0.05) is 24.3 Å². The van der Waals surface area contributed by atoms with Gasteiger partial charge >= 0.3 is 0 Å². The molecule has 4 heteroatoms. The summed E-state index contributed by atoms with van der Waals surface area (Å²) in [5.41, 5.74) is 3.32. The van der Waals surface area contributed by atoms with E-state index in [9.17, 15) is 4.79 Å². The minimum Gasteiger partial charge on any atom is -0.292 e. The van der Waals surface area contributed by atoms with Crippen LogP contribution in [0.1, 0.15) is 28.5 Å². The highest BCUT2D eigenvalue weighted by Crippen LogP contribution is 2.30. The van der Waals surface area contributed by atoms with Gasteiger partial charge in [0.2, 0.25) is 0 Å². The average Bonchev–Trinajstić information content (AvgIpc) is 3.01. The number of hydrogen-bond donors (Lipinski definition) is 0. The fourth-order valence-electron chi connectivity index (χ4n) is 2.78. The number of fused-ring (bicyclic) bond motifs is 1. The van der Waals surface area contributed by atoms with E-state index in [1.807, 2.05) is 19.1 Å². The molecular formula is C15H15BrN2O. The molecule has 3 nitrogen and oxygen atoms in total. The highest BCUT2D eigenvalue weighted by atomic mass is 79.9. The second kappa shape index (κ2) is 4.93. The molecular weight excluding hydrogens is 304 g/mol. The summed E-state index contributed by atoms with van der Waals surface area (Å²) in [6, 6.07) is 8.32. The molecule has 0 saturated carbocycles. The quantitative estimate of drug-likeness (QED) is 0.814. The number of ketones is 1. The standard InChI is InChI=1S/C15H15BrN2O/c1-2-18-14(13(16)9-17-18)15(19)12-7-10-5-3-4-6-11(10)8-12/h3-6,9,12H,2,7-8H2,1H3. The van der Waals surface area contributed by atoms with E-state index in [0.717, 1.165) is 17.3 Å². The van der Waals surface area contributed by atoms with Gasteiger partial charge in [-0.3, -0.25) is 9.48 Å². The van der Waals surface area contributed by atoms with Crippen LogP contribution in [0.3, 0.4) is 0 Å². The summed E-state index contributed by atoms with van der Waals surface area (Å²) < 4.78 is 2.57. The van der Waals surface area contributed by atoms with Crippen LogP contribution in [0.2, 0.25) is 0 Å². The molecule has 98 valence electrons. The smallest absolute Gasteiger partial charge is 0.185 e. The lowest BCUT2D eigenvalue weighted by atomic mass is 9.98. The number of aromatic nitrogens is 2. The number of nitrogens with zero attached hydrogens (tertiary/aromatic N) is 2. The van der Waals surface area contributed by atoms with Crippen molar-refractivity contribution in [2.24, 2.45) is 5.92 Å². The van der Waals surface area contributed by atoms with Crippen LogP contribution in [0, 0.1) is 5.92 Å². The van der Waals surface area contributed by atoms with Crippen LogP contribution >= 0.6 is 15.9 Å². The van der Waals surface area contributed by atoms with Gasteiger partial charge in [-0.15, -0.1) is 0 Å². The van der Waals surface area contributed by atoms with Crippen molar-refractivity contribution in [3.63, 3.8) is 0 Å². The molecule has 19 heavy (non-hydrogen) atoms. The third-order valence-corrected chi connectivity index (χ3v) is 4.33. The van der Waals surface area contributed by atoms with Crippen molar-refractivity contribution in [3.8, 4) is 0 Å². The van der Waals surface area contributed by atoms with Crippen molar-refractivity contribution in [3.05, 3.63) is 51.8 Å². The van der Waals surface area contributed by atoms with Gasteiger partial charge < -0.3 is 0 Å². The van der Waals surface area contributed by atoms with Crippen LogP contribution in [0.4, 0.5) is 0 Å². The number of Topliss-reactive ketones (excluding diaryl/α,β-unsaturated/α-hetero) is 1. The van der Waals surface area contributed by atoms with Gasteiger partial charge in [-0.05, 0) is 46.8 Å². The third-order valence-electron chi connectivity index (χ3n) is 3.75. The fraction of sp³-hybridized carbons (Fsp3) is 0.333. The molecule has 0 spiro atoms. The van der Waals surface area contributed by atoms with Crippen LogP contribution < -0.4 is 0 Å². The molecule has 0 aliphatic heterocycles. The lowest BCUT2D eigenvalue weighted by molar-refractivity contribution is 0.0913. The number of rotatable bonds is 3. The minimum absolute atomic E-state index is 0.0516. The number of carbonyl (C=O) groups is 1. The molecule has 1 aromatic heterocycles. The molecule has 0 amide bonds. The Bertz CT molecular complexity index is 608. The Kier molecular flexibility index (Phi) is 3.27. The summed E-state index contributed by atoms with van der Waals surface area (Å²) >= 11 is 3.44. The van der Waals surface area contributed by atoms with E-state index in [1.54, 1.807) is 10.9 Å². The van der Waals surface area contributed by atoms with Crippen LogP contribution in [0.25, 0.3) is 0 Å². The maximum atomic E-state index is 12.7. The maximum Gasteiger partial charge on any atom is 0.185 e. The van der Waals surface area contributed by atoms with Gasteiger partial charge in [0, 0.05) is 12.5 Å². The Balaban J connectivity index is 1.89. The number of halogens is 1. The number of carbonyl (C=O) groups excluding carboxylic acids is 1. The summed E-state index contributed by atoms with van der Waals surface area (Å²) in [7, 11) is 0. The molecule has 0 bridgehead atoms. The molecule has 0 radical (unpaired) electrons. The lowest BCUT2D eigenvalue weighted by Gasteiger charge is -2.10. The number of benzene rings is 1. The zero-order chi connectivity index (χ0) is 13.4. The third kappa shape index (κ3) is 2.14. The molecule has 1 aliphatic carbocycles. The molecule has 1 aromatic carbocycles. The van der Waals surface area contributed by atoms with Gasteiger partial charge in [-0.25, -0.2) is 0 Å². The second-order valence-electron chi connectivity index (χ2n) is 4.90.